The number of aromatic amines is 1. The summed E-state index contributed by atoms with van der Waals surface area (Å²) < 4.78 is 5.88. The maximum absolute atomic E-state index is 11.7. The second kappa shape index (κ2) is 9.06. The van der Waals surface area contributed by atoms with Crippen molar-refractivity contribution in [2.24, 2.45) is 5.84 Å². The van der Waals surface area contributed by atoms with Crippen molar-refractivity contribution in [3.05, 3.63) is 70.7 Å². The van der Waals surface area contributed by atoms with E-state index in [0.29, 0.717) is 27.6 Å². The van der Waals surface area contributed by atoms with Crippen LogP contribution in [0.15, 0.2) is 54.6 Å². The van der Waals surface area contributed by atoms with Gasteiger partial charge in [0.25, 0.3) is 0 Å². The average Bonchev–Trinajstić information content (AvgIpc) is 3.19. The number of imidazole rings is 1. The third-order valence-corrected chi connectivity index (χ3v) is 6.08. The number of nitrogens with zero attached hydrogens (tertiary/aromatic N) is 3. The Hall–Kier alpha value is -3.46. The number of amides is 1. The van der Waals surface area contributed by atoms with Gasteiger partial charge in [0.15, 0.2) is 5.65 Å². The molecular weight excluding hydrogens is 454 g/mol. The maximum atomic E-state index is 11.7. The van der Waals surface area contributed by atoms with E-state index in [2.05, 4.69) is 15.0 Å². The molecule has 4 aromatic rings. The lowest BCUT2D eigenvalue weighted by Gasteiger charge is -2.34. The van der Waals surface area contributed by atoms with Crippen LogP contribution in [0.25, 0.3) is 22.4 Å². The Balaban J connectivity index is 1.57. The van der Waals surface area contributed by atoms with Crippen LogP contribution in [0.4, 0.5) is 0 Å². The normalized spacial score (nSPS) is 12.6. The molecule has 0 spiro atoms. The number of nitrogens with one attached hydrogen (secondary N) is 1. The molecule has 1 unspecified atom stereocenters. The predicted octanol–water partition coefficient (Wildman–Crippen LogP) is 5.08. The number of carbonyl (C=O) groups is 1. The molecule has 2 aromatic heterocycles. The molecule has 2 aromatic carbocycles. The monoisotopic (exact) mass is 479 g/mol. The second-order valence-corrected chi connectivity index (χ2v) is 9.01. The van der Waals surface area contributed by atoms with E-state index in [4.69, 9.17) is 22.2 Å². The summed E-state index contributed by atoms with van der Waals surface area (Å²) in [4.78, 5) is 23.8. The standard InChI is InChI=1S/C25H26ClN5O3/c1-14(32)16-5-7-17(8-6-16)22-20(26)13-21-23(29-22)30-24(28-21)34-19-11-9-18(10-12-19)25(3,4)31(27)15(2)33/h5-14,32H,27H2,1-4H3,(H,28,29,30). The number of nitrogens with two attached hydrogens (primary N) is 1. The van der Waals surface area contributed by atoms with E-state index in [9.17, 15) is 9.90 Å². The molecular formula is C25H26ClN5O3. The Morgan fingerprint density at radius 1 is 1.15 bits per heavy atom. The minimum atomic E-state index is -0.672. The van der Waals surface area contributed by atoms with Crippen molar-refractivity contribution >= 4 is 28.7 Å². The van der Waals surface area contributed by atoms with E-state index in [0.717, 1.165) is 16.7 Å². The lowest BCUT2D eigenvalue weighted by Crippen LogP contribution is -2.49. The highest BCUT2D eigenvalue weighted by atomic mass is 35.5. The lowest BCUT2D eigenvalue weighted by atomic mass is 9.93. The van der Waals surface area contributed by atoms with Crippen molar-refractivity contribution in [3.8, 4) is 23.0 Å². The molecule has 0 bridgehead atoms. The largest absolute Gasteiger partial charge is 0.426 e. The molecule has 9 heteroatoms. The first-order valence-electron chi connectivity index (χ1n) is 10.7. The number of H-pyrrole nitrogens is 1. The summed E-state index contributed by atoms with van der Waals surface area (Å²) >= 11 is 6.48. The van der Waals surface area contributed by atoms with Crippen molar-refractivity contribution in [1.29, 1.82) is 0 Å². The van der Waals surface area contributed by atoms with Gasteiger partial charge in [0, 0.05) is 12.5 Å². The van der Waals surface area contributed by atoms with Crippen molar-refractivity contribution < 1.29 is 14.6 Å². The summed E-state index contributed by atoms with van der Waals surface area (Å²) in [6.07, 6.45) is -0.547. The van der Waals surface area contributed by atoms with E-state index in [1.807, 2.05) is 50.2 Å². The van der Waals surface area contributed by atoms with Crippen LogP contribution < -0.4 is 10.6 Å². The van der Waals surface area contributed by atoms with Gasteiger partial charge in [-0.1, -0.05) is 48.0 Å². The summed E-state index contributed by atoms with van der Waals surface area (Å²) in [5, 5.41) is 11.4. The van der Waals surface area contributed by atoms with Gasteiger partial charge in [-0.2, -0.15) is 4.98 Å². The Bertz CT molecular complexity index is 1330. The number of aliphatic hydroxyl groups is 1. The van der Waals surface area contributed by atoms with Gasteiger partial charge in [0.05, 0.1) is 27.9 Å². The Morgan fingerprint density at radius 3 is 2.38 bits per heavy atom. The molecule has 4 rings (SSSR count). The quantitative estimate of drug-likeness (QED) is 0.201. The average molecular weight is 480 g/mol. The van der Waals surface area contributed by atoms with Crippen molar-refractivity contribution in [1.82, 2.24) is 20.0 Å². The molecule has 8 nitrogen and oxygen atoms in total. The third kappa shape index (κ3) is 4.61. The Labute approximate surface area is 202 Å². The van der Waals surface area contributed by atoms with Crippen LogP contribution in [-0.4, -0.2) is 31.0 Å². The van der Waals surface area contributed by atoms with Gasteiger partial charge in [-0.05, 0) is 50.1 Å². The number of aliphatic hydroxyl groups excluding tert-OH is 1. The van der Waals surface area contributed by atoms with E-state index in [1.54, 1.807) is 25.1 Å². The fourth-order valence-electron chi connectivity index (χ4n) is 3.64. The molecule has 0 aliphatic carbocycles. The molecule has 2 heterocycles. The molecule has 0 aliphatic heterocycles. The summed E-state index contributed by atoms with van der Waals surface area (Å²) in [6.45, 7) is 6.88. The van der Waals surface area contributed by atoms with Gasteiger partial charge < -0.3 is 14.8 Å². The summed E-state index contributed by atoms with van der Waals surface area (Å²) in [6, 6.07) is 16.7. The first-order chi connectivity index (χ1) is 16.1. The van der Waals surface area contributed by atoms with Crippen molar-refractivity contribution in [2.45, 2.75) is 39.3 Å². The molecule has 1 amide bonds. The van der Waals surface area contributed by atoms with Crippen molar-refractivity contribution in [2.75, 3.05) is 0 Å². The molecule has 0 saturated heterocycles. The van der Waals surface area contributed by atoms with Crippen LogP contribution in [0.5, 0.6) is 11.8 Å². The number of fused-ring (bicyclic) bond motifs is 1. The van der Waals surface area contributed by atoms with Crippen LogP contribution in [0, 0.1) is 0 Å². The van der Waals surface area contributed by atoms with Crippen LogP contribution in [0.1, 0.15) is 44.9 Å². The summed E-state index contributed by atoms with van der Waals surface area (Å²) in [7, 11) is 0. The van der Waals surface area contributed by atoms with Gasteiger partial charge in [-0.3, -0.25) is 9.80 Å². The van der Waals surface area contributed by atoms with E-state index in [-0.39, 0.29) is 11.9 Å². The Morgan fingerprint density at radius 2 is 1.79 bits per heavy atom. The highest BCUT2D eigenvalue weighted by Crippen LogP contribution is 2.32. The molecule has 0 aliphatic rings. The molecule has 34 heavy (non-hydrogen) atoms. The van der Waals surface area contributed by atoms with Gasteiger partial charge >= 0.3 is 6.01 Å². The topological polar surface area (TPSA) is 117 Å². The van der Waals surface area contributed by atoms with Gasteiger partial charge in [0.1, 0.15) is 5.75 Å². The number of pyridine rings is 1. The number of aromatic nitrogens is 3. The fraction of sp³-hybridized carbons (Fsp3) is 0.240. The zero-order chi connectivity index (χ0) is 24.6. The first kappa shape index (κ1) is 23.7. The number of hydrazine groups is 1. The minimum Gasteiger partial charge on any atom is -0.426 e. The molecule has 0 fully saturated rings. The van der Waals surface area contributed by atoms with Gasteiger partial charge in [-0.15, -0.1) is 0 Å². The maximum Gasteiger partial charge on any atom is 0.301 e. The zero-order valence-corrected chi connectivity index (χ0v) is 20.1. The molecule has 4 N–H and O–H groups in total. The number of hydrogen-bond donors (Lipinski definition) is 3. The first-order valence-corrected chi connectivity index (χ1v) is 11.1. The van der Waals surface area contributed by atoms with Crippen LogP contribution in [-0.2, 0) is 10.3 Å². The van der Waals surface area contributed by atoms with Gasteiger partial charge in [-0.25, -0.2) is 10.8 Å². The van der Waals surface area contributed by atoms with Crippen molar-refractivity contribution in [3.63, 3.8) is 0 Å². The third-order valence-electron chi connectivity index (χ3n) is 5.79. The summed E-state index contributed by atoms with van der Waals surface area (Å²) in [5.74, 6) is 6.26. The second-order valence-electron chi connectivity index (χ2n) is 8.60. The highest BCUT2D eigenvalue weighted by molar-refractivity contribution is 6.33. The number of carbonyl (C=O) groups excluding carboxylic acids is 1. The number of ether oxygens (including phenoxy) is 1. The highest BCUT2D eigenvalue weighted by Gasteiger charge is 2.28. The molecule has 0 radical (unpaired) electrons. The zero-order valence-electron chi connectivity index (χ0n) is 19.3. The molecule has 0 saturated carbocycles. The number of hydrogen-bond acceptors (Lipinski definition) is 6. The number of benzene rings is 2. The van der Waals surface area contributed by atoms with Crippen LogP contribution >= 0.6 is 11.6 Å². The fourth-order valence-corrected chi connectivity index (χ4v) is 3.90. The van der Waals surface area contributed by atoms with Gasteiger partial charge in [0.2, 0.25) is 5.91 Å². The lowest BCUT2D eigenvalue weighted by molar-refractivity contribution is -0.134. The van der Waals surface area contributed by atoms with E-state index >= 15 is 0 Å². The van der Waals surface area contributed by atoms with Crippen LogP contribution in [0.3, 0.4) is 0 Å². The number of halogens is 1. The molecule has 1 atom stereocenters. The summed E-state index contributed by atoms with van der Waals surface area (Å²) in [5.41, 5.74) is 3.52. The SMILES string of the molecule is CC(=O)N(N)C(C)(C)c1ccc(Oc2nc3nc(-c4ccc(C(C)O)cc4)c(Cl)cc3[nH]2)cc1. The smallest absolute Gasteiger partial charge is 0.301 e. The van der Waals surface area contributed by atoms with Crippen LogP contribution in [0.2, 0.25) is 5.02 Å². The number of rotatable bonds is 6. The molecule has 176 valence electrons. The van der Waals surface area contributed by atoms with E-state index in [1.165, 1.54) is 11.9 Å². The predicted molar refractivity (Wildman–Crippen MR) is 131 cm³/mol. The Kier molecular flexibility index (Phi) is 6.31. The minimum absolute atomic E-state index is 0.225. The van der Waals surface area contributed by atoms with E-state index < -0.39 is 11.6 Å².